The summed E-state index contributed by atoms with van der Waals surface area (Å²) >= 11 is 0. The van der Waals surface area contributed by atoms with Gasteiger partial charge in [-0.3, -0.25) is 9.59 Å². The van der Waals surface area contributed by atoms with Crippen LogP contribution in [0.5, 0.6) is 0 Å². The van der Waals surface area contributed by atoms with Crippen molar-refractivity contribution in [1.82, 2.24) is 9.88 Å². The van der Waals surface area contributed by atoms with Crippen LogP contribution in [0.25, 0.3) is 0 Å². The first-order valence-corrected chi connectivity index (χ1v) is 4.77. The number of aliphatic hydroxyl groups excluding tert-OH is 1. The third-order valence-corrected chi connectivity index (χ3v) is 2.10. The summed E-state index contributed by atoms with van der Waals surface area (Å²) in [5, 5.41) is 8.75. The lowest BCUT2D eigenvalue weighted by Crippen LogP contribution is -2.33. The number of nitrogens with zero attached hydrogens (tertiary/aromatic N) is 1. The van der Waals surface area contributed by atoms with Crippen LogP contribution >= 0.6 is 0 Å². The highest BCUT2D eigenvalue weighted by Gasteiger charge is 2.14. The number of aliphatic hydroxyl groups is 1. The van der Waals surface area contributed by atoms with E-state index >= 15 is 0 Å². The van der Waals surface area contributed by atoms with Crippen LogP contribution in [0.1, 0.15) is 27.9 Å². The number of aromatic amines is 1. The Balaban J connectivity index is 2.77. The Morgan fingerprint density at radius 1 is 1.60 bits per heavy atom. The predicted molar refractivity (Wildman–Crippen MR) is 54.8 cm³/mol. The van der Waals surface area contributed by atoms with Crippen LogP contribution in [0.3, 0.4) is 0 Å². The fraction of sp³-hybridized carbons (Fsp3) is 0.400. The molecule has 5 nitrogen and oxygen atoms in total. The molecule has 0 aliphatic heterocycles. The fourth-order valence-corrected chi connectivity index (χ4v) is 1.30. The van der Waals surface area contributed by atoms with Gasteiger partial charge in [0, 0.05) is 13.1 Å². The summed E-state index contributed by atoms with van der Waals surface area (Å²) < 4.78 is 0. The minimum absolute atomic E-state index is 0.0686. The quantitative estimate of drug-likeness (QED) is 0.686. The summed E-state index contributed by atoms with van der Waals surface area (Å²) in [6.07, 6.45) is 0.652. The molecule has 1 amide bonds. The second kappa shape index (κ2) is 5.31. The van der Waals surface area contributed by atoms with E-state index in [0.717, 1.165) is 0 Å². The van der Waals surface area contributed by atoms with E-state index in [9.17, 15) is 9.59 Å². The van der Waals surface area contributed by atoms with E-state index in [1.54, 1.807) is 12.1 Å². The summed E-state index contributed by atoms with van der Waals surface area (Å²) in [4.78, 5) is 26.4. The molecule has 1 rings (SSSR count). The molecule has 0 unspecified atom stereocenters. The molecule has 1 aromatic heterocycles. The summed E-state index contributed by atoms with van der Waals surface area (Å²) in [5.41, 5.74) is 0.741. The zero-order valence-corrected chi connectivity index (χ0v) is 8.56. The van der Waals surface area contributed by atoms with E-state index in [4.69, 9.17) is 5.11 Å². The van der Waals surface area contributed by atoms with Crippen LogP contribution in [-0.2, 0) is 0 Å². The molecule has 82 valence electrons. The molecule has 0 fully saturated rings. The molecular weight excluding hydrogens is 196 g/mol. The first-order chi connectivity index (χ1) is 7.22. The van der Waals surface area contributed by atoms with Gasteiger partial charge in [-0.15, -0.1) is 0 Å². The Morgan fingerprint density at radius 3 is 2.80 bits per heavy atom. The van der Waals surface area contributed by atoms with Gasteiger partial charge in [0.05, 0.1) is 12.3 Å². The van der Waals surface area contributed by atoms with Gasteiger partial charge in [0.1, 0.15) is 5.69 Å². The van der Waals surface area contributed by atoms with Gasteiger partial charge < -0.3 is 15.0 Å². The van der Waals surface area contributed by atoms with Gasteiger partial charge in [-0.05, 0) is 19.1 Å². The Bertz CT molecular complexity index is 346. The number of amides is 1. The van der Waals surface area contributed by atoms with Crippen molar-refractivity contribution in [2.24, 2.45) is 0 Å². The van der Waals surface area contributed by atoms with Gasteiger partial charge in [0.2, 0.25) is 0 Å². The van der Waals surface area contributed by atoms with Gasteiger partial charge in [-0.2, -0.15) is 0 Å². The van der Waals surface area contributed by atoms with Crippen molar-refractivity contribution in [3.05, 3.63) is 23.5 Å². The summed E-state index contributed by atoms with van der Waals surface area (Å²) in [6, 6.07) is 3.11. The Morgan fingerprint density at radius 2 is 2.33 bits per heavy atom. The van der Waals surface area contributed by atoms with Crippen LogP contribution in [0, 0.1) is 0 Å². The molecule has 0 saturated heterocycles. The fourth-order valence-electron chi connectivity index (χ4n) is 1.30. The molecule has 0 radical (unpaired) electrons. The van der Waals surface area contributed by atoms with Gasteiger partial charge in [-0.1, -0.05) is 0 Å². The second-order valence-electron chi connectivity index (χ2n) is 3.05. The number of H-pyrrole nitrogens is 1. The Hall–Kier alpha value is -1.62. The first kappa shape index (κ1) is 11.5. The largest absolute Gasteiger partial charge is 0.395 e. The molecule has 0 saturated carbocycles. The Labute approximate surface area is 87.7 Å². The van der Waals surface area contributed by atoms with E-state index < -0.39 is 0 Å². The molecule has 2 N–H and O–H groups in total. The molecule has 0 bridgehead atoms. The zero-order chi connectivity index (χ0) is 11.3. The van der Waals surface area contributed by atoms with E-state index in [-0.39, 0.29) is 12.5 Å². The average Bonchev–Trinajstić information content (AvgIpc) is 2.73. The lowest BCUT2D eigenvalue weighted by Gasteiger charge is -2.18. The average molecular weight is 210 g/mol. The maximum absolute atomic E-state index is 11.8. The summed E-state index contributed by atoms with van der Waals surface area (Å²) in [5.74, 6) is -0.209. The van der Waals surface area contributed by atoms with Crippen LogP contribution in [0.4, 0.5) is 0 Å². The molecule has 0 aliphatic carbocycles. The third-order valence-electron chi connectivity index (χ3n) is 2.10. The highest BCUT2D eigenvalue weighted by molar-refractivity contribution is 5.93. The van der Waals surface area contributed by atoms with Crippen LogP contribution < -0.4 is 0 Å². The summed E-state index contributed by atoms with van der Waals surface area (Å²) in [7, 11) is 0. The molecule has 5 heteroatoms. The summed E-state index contributed by atoms with van der Waals surface area (Å²) in [6.45, 7) is 2.58. The van der Waals surface area contributed by atoms with Crippen molar-refractivity contribution in [1.29, 1.82) is 0 Å². The number of likely N-dealkylation sites (N-methyl/N-ethyl adjacent to an activating group) is 1. The Kier molecular flexibility index (Phi) is 4.05. The number of hydrogen-bond donors (Lipinski definition) is 2. The van der Waals surface area contributed by atoms with Gasteiger partial charge >= 0.3 is 0 Å². The van der Waals surface area contributed by atoms with E-state index in [1.807, 2.05) is 6.92 Å². The van der Waals surface area contributed by atoms with Crippen molar-refractivity contribution >= 4 is 12.2 Å². The third kappa shape index (κ3) is 2.66. The highest BCUT2D eigenvalue weighted by Crippen LogP contribution is 2.04. The number of aromatic nitrogens is 1. The number of hydrogen-bond acceptors (Lipinski definition) is 3. The number of nitrogens with one attached hydrogen (secondary N) is 1. The van der Waals surface area contributed by atoms with E-state index in [1.165, 1.54) is 4.90 Å². The highest BCUT2D eigenvalue weighted by atomic mass is 16.3. The lowest BCUT2D eigenvalue weighted by atomic mass is 10.3. The molecule has 0 aromatic carbocycles. The maximum Gasteiger partial charge on any atom is 0.270 e. The molecule has 0 spiro atoms. The standard InChI is InChI=1S/C10H14N2O3/c1-2-12(5-6-13)10(15)9-4-3-8(7-14)11-9/h3-4,7,11,13H,2,5-6H2,1H3. The number of carbonyl (C=O) groups is 2. The van der Waals surface area contributed by atoms with E-state index in [2.05, 4.69) is 4.98 Å². The number of rotatable bonds is 5. The normalized spacial score (nSPS) is 10.0. The van der Waals surface area contributed by atoms with Crippen molar-refractivity contribution in [3.63, 3.8) is 0 Å². The van der Waals surface area contributed by atoms with Crippen molar-refractivity contribution in [2.75, 3.05) is 19.7 Å². The minimum atomic E-state index is -0.209. The van der Waals surface area contributed by atoms with Gasteiger partial charge in [0.15, 0.2) is 6.29 Å². The molecule has 1 aromatic rings. The SMILES string of the molecule is CCN(CCO)C(=O)c1ccc(C=O)[nH]1. The van der Waals surface area contributed by atoms with Crippen LogP contribution in [0.15, 0.2) is 12.1 Å². The van der Waals surface area contributed by atoms with Crippen molar-refractivity contribution in [3.8, 4) is 0 Å². The molecular formula is C10H14N2O3. The van der Waals surface area contributed by atoms with Crippen molar-refractivity contribution in [2.45, 2.75) is 6.92 Å². The lowest BCUT2D eigenvalue weighted by molar-refractivity contribution is 0.0727. The van der Waals surface area contributed by atoms with Crippen molar-refractivity contribution < 1.29 is 14.7 Å². The van der Waals surface area contributed by atoms with Gasteiger partial charge in [0.25, 0.3) is 5.91 Å². The number of carbonyl (C=O) groups excluding carboxylic acids is 2. The topological polar surface area (TPSA) is 73.4 Å². The second-order valence-corrected chi connectivity index (χ2v) is 3.05. The first-order valence-electron chi connectivity index (χ1n) is 4.77. The predicted octanol–water partition coefficient (Wildman–Crippen LogP) is 0.282. The van der Waals surface area contributed by atoms with Crippen LogP contribution in [0.2, 0.25) is 0 Å². The smallest absolute Gasteiger partial charge is 0.270 e. The zero-order valence-electron chi connectivity index (χ0n) is 8.56. The molecule has 0 atom stereocenters. The maximum atomic E-state index is 11.8. The molecule has 1 heterocycles. The van der Waals surface area contributed by atoms with E-state index in [0.29, 0.717) is 30.8 Å². The minimum Gasteiger partial charge on any atom is -0.395 e. The molecule has 15 heavy (non-hydrogen) atoms. The number of aldehydes is 1. The molecule has 0 aliphatic rings. The van der Waals surface area contributed by atoms with Crippen LogP contribution in [-0.4, -0.2) is 46.9 Å². The monoisotopic (exact) mass is 210 g/mol. The van der Waals surface area contributed by atoms with Gasteiger partial charge in [-0.25, -0.2) is 0 Å².